The molecule has 0 saturated heterocycles. The van der Waals surface area contributed by atoms with E-state index in [0.29, 0.717) is 17.4 Å². The van der Waals surface area contributed by atoms with Gasteiger partial charge < -0.3 is 4.42 Å². The second-order valence-corrected chi connectivity index (χ2v) is 15.6. The summed E-state index contributed by atoms with van der Waals surface area (Å²) in [5, 5.41) is 5.60. The molecule has 12 rings (SSSR count). The van der Waals surface area contributed by atoms with Crippen molar-refractivity contribution in [2.75, 3.05) is 0 Å². The van der Waals surface area contributed by atoms with E-state index in [2.05, 4.69) is 128 Å². The Hall–Kier alpha value is -7.37. The van der Waals surface area contributed by atoms with Gasteiger partial charge in [-0.2, -0.15) is 0 Å². The third-order valence-corrected chi connectivity index (χ3v) is 12.0. The summed E-state index contributed by atoms with van der Waals surface area (Å²) >= 11 is 0. The second-order valence-electron chi connectivity index (χ2n) is 15.6. The van der Waals surface area contributed by atoms with E-state index in [0.717, 1.165) is 49.7 Å². The predicted octanol–water partition coefficient (Wildman–Crippen LogP) is 13.3. The number of aromatic nitrogens is 4. The van der Waals surface area contributed by atoms with E-state index in [1.165, 1.54) is 49.5 Å². The molecule has 3 aromatic heterocycles. The lowest BCUT2D eigenvalue weighted by Gasteiger charge is -2.22. The quantitative estimate of drug-likeness (QED) is 0.181. The molecule has 8 aromatic carbocycles. The fraction of sp³-hybridized carbons (Fsp3) is 0.0577. The van der Waals surface area contributed by atoms with Gasteiger partial charge in [0.15, 0.2) is 5.58 Å². The highest BCUT2D eigenvalue weighted by molar-refractivity contribution is 6.22. The fourth-order valence-electron chi connectivity index (χ4n) is 9.28. The normalized spacial score (nSPS) is 13.2. The van der Waals surface area contributed by atoms with Gasteiger partial charge >= 0.3 is 0 Å². The van der Waals surface area contributed by atoms with Crippen LogP contribution in [0, 0.1) is 0 Å². The zero-order valence-electron chi connectivity index (χ0n) is 31.4. The first-order valence-electron chi connectivity index (χ1n) is 19.4. The van der Waals surface area contributed by atoms with Gasteiger partial charge in [-0.25, -0.2) is 15.0 Å². The largest absolute Gasteiger partial charge is 0.436 e. The van der Waals surface area contributed by atoms with E-state index in [9.17, 15) is 0 Å². The minimum Gasteiger partial charge on any atom is -0.436 e. The minimum atomic E-state index is -0.0805. The van der Waals surface area contributed by atoms with Crippen molar-refractivity contribution < 1.29 is 4.42 Å². The van der Waals surface area contributed by atoms with Crippen LogP contribution in [0.4, 0.5) is 0 Å². The molecule has 0 bridgehead atoms. The number of nitrogens with zero attached hydrogens (tertiary/aromatic N) is 4. The summed E-state index contributed by atoms with van der Waals surface area (Å²) in [6.07, 6.45) is 0. The maximum absolute atomic E-state index is 6.34. The molecule has 0 aliphatic heterocycles. The summed E-state index contributed by atoms with van der Waals surface area (Å²) in [5.41, 5.74) is 14.8. The lowest BCUT2D eigenvalue weighted by atomic mass is 9.81. The Kier molecular flexibility index (Phi) is 6.62. The van der Waals surface area contributed by atoms with Gasteiger partial charge in [0.05, 0.1) is 27.6 Å². The molecule has 0 atom stereocenters. The Balaban J connectivity index is 1.11. The number of hydrogen-bond donors (Lipinski definition) is 0. The number of benzene rings is 8. The smallest absolute Gasteiger partial charge is 0.235 e. The monoisotopic (exact) mass is 730 g/mol. The molecule has 1 aliphatic carbocycles. The van der Waals surface area contributed by atoms with Crippen LogP contribution in [0.15, 0.2) is 174 Å². The molecule has 0 N–H and O–H groups in total. The number of oxazole rings is 1. The van der Waals surface area contributed by atoms with Crippen LogP contribution in [-0.4, -0.2) is 19.5 Å². The van der Waals surface area contributed by atoms with Gasteiger partial charge in [0, 0.05) is 27.3 Å². The van der Waals surface area contributed by atoms with Crippen LogP contribution >= 0.6 is 0 Å². The summed E-state index contributed by atoms with van der Waals surface area (Å²) in [7, 11) is 0. The van der Waals surface area contributed by atoms with Crippen molar-refractivity contribution in [1.29, 1.82) is 0 Å². The number of rotatable bonds is 4. The maximum Gasteiger partial charge on any atom is 0.235 e. The second kappa shape index (κ2) is 11.8. The van der Waals surface area contributed by atoms with Crippen LogP contribution in [0.3, 0.4) is 0 Å². The van der Waals surface area contributed by atoms with Crippen molar-refractivity contribution in [3.8, 4) is 50.9 Å². The van der Waals surface area contributed by atoms with Gasteiger partial charge in [0.2, 0.25) is 11.8 Å². The molecule has 3 heterocycles. The topological polar surface area (TPSA) is 56.7 Å². The Morgan fingerprint density at radius 3 is 2.05 bits per heavy atom. The standard InChI is InChI=1S/C52H34N4O/c1-52(2)40-20-12-11-19-37(40)38-24-21-35(30-41(38)52)34-23-26-43-39(29-34)46-36-18-10-9-13-31(36)22-27-44(46)56(43)51-53-42-25-28-45-49(54-50(57-45)33-16-7-4-8-17-33)47(42)48(55-51)32-14-5-3-6-15-32/h3-30H,1-2H3. The van der Waals surface area contributed by atoms with Crippen LogP contribution < -0.4 is 0 Å². The predicted molar refractivity (Wildman–Crippen MR) is 233 cm³/mol. The van der Waals surface area contributed by atoms with Gasteiger partial charge in [0.25, 0.3) is 0 Å². The van der Waals surface area contributed by atoms with Gasteiger partial charge in [-0.15, -0.1) is 0 Å². The van der Waals surface area contributed by atoms with Crippen molar-refractivity contribution in [2.24, 2.45) is 0 Å². The van der Waals surface area contributed by atoms with Gasteiger partial charge in [-0.05, 0) is 92.7 Å². The average Bonchev–Trinajstić information content (AvgIpc) is 3.92. The lowest BCUT2D eigenvalue weighted by Crippen LogP contribution is -2.14. The van der Waals surface area contributed by atoms with Gasteiger partial charge in [0.1, 0.15) is 5.52 Å². The van der Waals surface area contributed by atoms with Crippen molar-refractivity contribution in [3.05, 3.63) is 181 Å². The van der Waals surface area contributed by atoms with Crippen LogP contribution in [0.25, 0.3) is 105 Å². The Morgan fingerprint density at radius 2 is 1.19 bits per heavy atom. The third kappa shape index (κ3) is 4.66. The van der Waals surface area contributed by atoms with Crippen molar-refractivity contribution in [2.45, 2.75) is 19.3 Å². The molecule has 0 spiro atoms. The van der Waals surface area contributed by atoms with Gasteiger partial charge in [-0.1, -0.05) is 135 Å². The molecular weight excluding hydrogens is 697 g/mol. The van der Waals surface area contributed by atoms with E-state index in [4.69, 9.17) is 19.4 Å². The lowest BCUT2D eigenvalue weighted by molar-refractivity contribution is 0.620. The zero-order chi connectivity index (χ0) is 37.8. The highest BCUT2D eigenvalue weighted by atomic mass is 16.3. The first-order chi connectivity index (χ1) is 28.0. The van der Waals surface area contributed by atoms with Crippen LogP contribution in [0.5, 0.6) is 0 Å². The van der Waals surface area contributed by atoms with E-state index in [-0.39, 0.29) is 5.41 Å². The van der Waals surface area contributed by atoms with Crippen molar-refractivity contribution >= 4 is 54.6 Å². The first kappa shape index (κ1) is 31.9. The molecule has 1 aliphatic rings. The molecule has 11 aromatic rings. The van der Waals surface area contributed by atoms with E-state index in [1.54, 1.807) is 0 Å². The number of hydrogen-bond acceptors (Lipinski definition) is 4. The fourth-order valence-corrected chi connectivity index (χ4v) is 9.28. The highest BCUT2D eigenvalue weighted by Crippen LogP contribution is 2.50. The molecule has 57 heavy (non-hydrogen) atoms. The van der Waals surface area contributed by atoms with E-state index >= 15 is 0 Å². The Labute approximate surface area is 328 Å². The molecule has 268 valence electrons. The number of fused-ring (bicyclic) bond motifs is 11. The summed E-state index contributed by atoms with van der Waals surface area (Å²) in [6, 6.07) is 60.1. The Morgan fingerprint density at radius 1 is 0.491 bits per heavy atom. The molecule has 0 fully saturated rings. The van der Waals surface area contributed by atoms with Crippen molar-refractivity contribution in [3.63, 3.8) is 0 Å². The van der Waals surface area contributed by atoms with Gasteiger partial charge in [-0.3, -0.25) is 4.57 Å². The average molecular weight is 731 g/mol. The van der Waals surface area contributed by atoms with Crippen molar-refractivity contribution in [1.82, 2.24) is 19.5 Å². The Bertz CT molecular complexity index is 3430. The zero-order valence-corrected chi connectivity index (χ0v) is 31.4. The molecule has 0 amide bonds. The van der Waals surface area contributed by atoms with Crippen LogP contribution in [-0.2, 0) is 5.41 Å². The first-order valence-corrected chi connectivity index (χ1v) is 19.4. The highest BCUT2D eigenvalue weighted by Gasteiger charge is 2.35. The molecule has 0 saturated carbocycles. The molecule has 0 unspecified atom stereocenters. The summed E-state index contributed by atoms with van der Waals surface area (Å²) in [6.45, 7) is 4.68. The molecule has 5 nitrogen and oxygen atoms in total. The van der Waals surface area contributed by atoms with Crippen LogP contribution in [0.2, 0.25) is 0 Å². The van der Waals surface area contributed by atoms with E-state index in [1.807, 2.05) is 60.7 Å². The molecule has 0 radical (unpaired) electrons. The maximum atomic E-state index is 6.34. The summed E-state index contributed by atoms with van der Waals surface area (Å²) < 4.78 is 8.57. The third-order valence-electron chi connectivity index (χ3n) is 12.0. The molecule has 5 heteroatoms. The SMILES string of the molecule is CC1(C)c2ccccc2-c2ccc(-c3ccc4c(c3)c3c5ccccc5ccc3n4-c3nc(-c4ccccc4)c4c(ccc5oc(-c6ccccc6)nc54)n3)cc21. The summed E-state index contributed by atoms with van der Waals surface area (Å²) in [4.78, 5) is 15.8. The molecular formula is C52H34N4O. The minimum absolute atomic E-state index is 0.0805. The summed E-state index contributed by atoms with van der Waals surface area (Å²) in [5.74, 6) is 1.18. The van der Waals surface area contributed by atoms with E-state index < -0.39 is 0 Å². The van der Waals surface area contributed by atoms with Crippen LogP contribution in [0.1, 0.15) is 25.0 Å².